The molecule has 0 spiro atoms. The summed E-state index contributed by atoms with van der Waals surface area (Å²) in [4.78, 5) is 26.2. The lowest BCUT2D eigenvalue weighted by Crippen LogP contribution is -2.30. The van der Waals surface area contributed by atoms with Crippen LogP contribution in [0.25, 0.3) is 28.4 Å². The summed E-state index contributed by atoms with van der Waals surface area (Å²) in [5.74, 6) is 0.334. The third-order valence-electron chi connectivity index (χ3n) is 4.40. The van der Waals surface area contributed by atoms with E-state index in [9.17, 15) is 9.59 Å². The number of para-hydroxylation sites is 1. The zero-order valence-electron chi connectivity index (χ0n) is 14.6. The first-order valence-electron chi connectivity index (χ1n) is 8.54. The van der Waals surface area contributed by atoms with Gasteiger partial charge >= 0.3 is 0 Å². The molecule has 1 N–H and O–H groups in total. The largest absolute Gasteiger partial charge is 0.456 e. The maximum atomic E-state index is 12.3. The number of hydrogen-bond donors (Lipinski definition) is 1. The fraction of sp³-hybridized carbons (Fsp3) is 0.0952. The maximum Gasteiger partial charge on any atom is 0.276 e. The van der Waals surface area contributed by atoms with Crippen LogP contribution in [0, 0.1) is 0 Å². The highest BCUT2D eigenvalue weighted by molar-refractivity contribution is 7.80. The Morgan fingerprint density at radius 2 is 1.93 bits per heavy atom. The molecule has 27 heavy (non-hydrogen) atoms. The fourth-order valence-electron chi connectivity index (χ4n) is 3.05. The maximum absolute atomic E-state index is 12.3. The number of rotatable bonds is 3. The van der Waals surface area contributed by atoms with Gasteiger partial charge in [-0.05, 0) is 49.0 Å². The molecule has 0 bridgehead atoms. The van der Waals surface area contributed by atoms with Crippen molar-refractivity contribution in [3.8, 4) is 11.3 Å². The number of amides is 1. The van der Waals surface area contributed by atoms with Crippen molar-refractivity contribution in [1.82, 2.24) is 10.2 Å². The monoisotopic (exact) mass is 376 g/mol. The van der Waals surface area contributed by atoms with Gasteiger partial charge in [-0.2, -0.15) is 0 Å². The van der Waals surface area contributed by atoms with Crippen LogP contribution < -0.4 is 10.7 Å². The van der Waals surface area contributed by atoms with Gasteiger partial charge in [0.15, 0.2) is 10.5 Å². The molecule has 0 radical (unpaired) electrons. The highest BCUT2D eigenvalue weighted by Gasteiger charge is 2.28. The Kier molecular flexibility index (Phi) is 4.33. The molecule has 0 saturated carbocycles. The summed E-state index contributed by atoms with van der Waals surface area (Å²) in [6, 6.07) is 16.1. The number of benzene rings is 2. The van der Waals surface area contributed by atoms with Crippen molar-refractivity contribution in [2.24, 2.45) is 0 Å². The zero-order valence-corrected chi connectivity index (χ0v) is 15.4. The Bertz CT molecular complexity index is 1160. The van der Waals surface area contributed by atoms with E-state index in [0.29, 0.717) is 34.1 Å². The molecule has 1 amide bonds. The van der Waals surface area contributed by atoms with Gasteiger partial charge in [0.05, 0.1) is 5.39 Å². The highest BCUT2D eigenvalue weighted by atomic mass is 32.1. The number of carbonyl (C=O) groups is 1. The van der Waals surface area contributed by atoms with E-state index < -0.39 is 0 Å². The van der Waals surface area contributed by atoms with E-state index in [1.54, 1.807) is 24.3 Å². The summed E-state index contributed by atoms with van der Waals surface area (Å²) in [5.41, 5.74) is 2.44. The van der Waals surface area contributed by atoms with Crippen LogP contribution in [0.5, 0.6) is 0 Å². The molecule has 1 aliphatic heterocycles. The third-order valence-corrected chi connectivity index (χ3v) is 4.72. The van der Waals surface area contributed by atoms with Gasteiger partial charge in [0.25, 0.3) is 5.91 Å². The molecule has 6 heteroatoms. The van der Waals surface area contributed by atoms with Gasteiger partial charge in [-0.15, -0.1) is 0 Å². The molecule has 0 unspecified atom stereocenters. The SMILES string of the molecule is CCN1C(=O)/C(=C/c2cccc(-c3cc(=O)c4ccccc4o3)c2)NC1=S. The number of thiocarbonyl (C=S) groups is 1. The molecule has 134 valence electrons. The van der Waals surface area contributed by atoms with Crippen molar-refractivity contribution >= 4 is 40.3 Å². The lowest BCUT2D eigenvalue weighted by molar-refractivity contribution is -0.122. The summed E-state index contributed by atoms with van der Waals surface area (Å²) >= 11 is 5.17. The van der Waals surface area contributed by atoms with Gasteiger partial charge in [0.2, 0.25) is 0 Å². The number of nitrogens with one attached hydrogen (secondary N) is 1. The van der Waals surface area contributed by atoms with Crippen molar-refractivity contribution in [1.29, 1.82) is 0 Å². The van der Waals surface area contributed by atoms with Crippen molar-refractivity contribution in [3.63, 3.8) is 0 Å². The summed E-state index contributed by atoms with van der Waals surface area (Å²) in [6.07, 6.45) is 1.74. The Labute approximate surface area is 160 Å². The molecule has 1 fully saturated rings. The standard InChI is InChI=1S/C21H16N2O3S/c1-2-23-20(25)16(22-21(23)27)11-13-6-5-7-14(10-13)19-12-17(24)15-8-3-4-9-18(15)26-19/h3-12H,2H2,1H3,(H,22,27)/b16-11-. The molecule has 2 heterocycles. The molecule has 2 aromatic carbocycles. The quantitative estimate of drug-likeness (QED) is 0.560. The van der Waals surface area contributed by atoms with Crippen LogP contribution >= 0.6 is 12.2 Å². The molecule has 0 atom stereocenters. The van der Waals surface area contributed by atoms with E-state index in [2.05, 4.69) is 5.32 Å². The first kappa shape index (κ1) is 17.2. The minimum atomic E-state index is -0.148. The van der Waals surface area contributed by atoms with E-state index in [0.717, 1.165) is 11.1 Å². The normalized spacial score (nSPS) is 15.6. The number of likely N-dealkylation sites (N-methyl/N-ethyl adjacent to an activating group) is 1. The Balaban J connectivity index is 1.74. The summed E-state index contributed by atoms with van der Waals surface area (Å²) in [5, 5.41) is 3.90. The van der Waals surface area contributed by atoms with Crippen LogP contribution in [0.4, 0.5) is 0 Å². The third kappa shape index (κ3) is 3.15. The highest BCUT2D eigenvalue weighted by Crippen LogP contribution is 2.24. The van der Waals surface area contributed by atoms with Crippen molar-refractivity contribution in [2.75, 3.05) is 6.54 Å². The van der Waals surface area contributed by atoms with Gasteiger partial charge in [0, 0.05) is 18.2 Å². The molecule has 0 aliphatic carbocycles. The summed E-state index contributed by atoms with van der Waals surface area (Å²) in [6.45, 7) is 2.39. The second-order valence-corrected chi connectivity index (χ2v) is 6.52. The minimum absolute atomic E-state index is 0.0906. The van der Waals surface area contributed by atoms with Crippen LogP contribution in [0.15, 0.2) is 69.5 Å². The van der Waals surface area contributed by atoms with Gasteiger partial charge < -0.3 is 9.73 Å². The average molecular weight is 376 g/mol. The number of carbonyl (C=O) groups excluding carboxylic acids is 1. The fourth-order valence-corrected chi connectivity index (χ4v) is 3.38. The smallest absolute Gasteiger partial charge is 0.276 e. The average Bonchev–Trinajstić information content (AvgIpc) is 2.94. The van der Waals surface area contributed by atoms with E-state index in [-0.39, 0.29) is 11.3 Å². The first-order chi connectivity index (χ1) is 13.1. The van der Waals surface area contributed by atoms with Crippen LogP contribution in [0.3, 0.4) is 0 Å². The molecular formula is C21H16N2O3S. The van der Waals surface area contributed by atoms with Crippen LogP contribution in [-0.4, -0.2) is 22.5 Å². The number of hydrogen-bond acceptors (Lipinski definition) is 4. The van der Waals surface area contributed by atoms with Crippen molar-refractivity contribution in [3.05, 3.63) is 76.1 Å². The topological polar surface area (TPSA) is 62.6 Å². The predicted molar refractivity (Wildman–Crippen MR) is 109 cm³/mol. The first-order valence-corrected chi connectivity index (χ1v) is 8.95. The van der Waals surface area contributed by atoms with Crippen molar-refractivity contribution < 1.29 is 9.21 Å². The van der Waals surface area contributed by atoms with Gasteiger partial charge in [-0.25, -0.2) is 0 Å². The van der Waals surface area contributed by atoms with E-state index in [1.807, 2.05) is 37.3 Å². The second-order valence-electron chi connectivity index (χ2n) is 6.13. The lowest BCUT2D eigenvalue weighted by Gasteiger charge is -2.08. The molecule has 5 nitrogen and oxygen atoms in total. The van der Waals surface area contributed by atoms with E-state index >= 15 is 0 Å². The second kappa shape index (κ2) is 6.81. The predicted octanol–water partition coefficient (Wildman–Crippen LogP) is 3.54. The molecule has 3 aromatic rings. The van der Waals surface area contributed by atoms with E-state index in [4.69, 9.17) is 16.6 Å². The summed E-state index contributed by atoms with van der Waals surface area (Å²) < 4.78 is 5.89. The molecule has 1 saturated heterocycles. The van der Waals surface area contributed by atoms with Crippen LogP contribution in [-0.2, 0) is 4.79 Å². The zero-order chi connectivity index (χ0) is 19.0. The van der Waals surface area contributed by atoms with Crippen molar-refractivity contribution in [2.45, 2.75) is 6.92 Å². The van der Waals surface area contributed by atoms with Crippen LogP contribution in [0.2, 0.25) is 0 Å². The number of fused-ring (bicyclic) bond motifs is 1. The minimum Gasteiger partial charge on any atom is -0.456 e. The van der Waals surface area contributed by atoms with Gasteiger partial charge in [0.1, 0.15) is 17.0 Å². The lowest BCUT2D eigenvalue weighted by atomic mass is 10.1. The van der Waals surface area contributed by atoms with Gasteiger partial charge in [-0.3, -0.25) is 14.5 Å². The number of nitrogens with zero attached hydrogens (tertiary/aromatic N) is 1. The molecule has 1 aromatic heterocycles. The van der Waals surface area contributed by atoms with Crippen LogP contribution in [0.1, 0.15) is 12.5 Å². The summed E-state index contributed by atoms with van der Waals surface area (Å²) in [7, 11) is 0. The molecular weight excluding hydrogens is 360 g/mol. The molecule has 4 rings (SSSR count). The molecule has 1 aliphatic rings. The Morgan fingerprint density at radius 3 is 2.70 bits per heavy atom. The van der Waals surface area contributed by atoms with Gasteiger partial charge in [-0.1, -0.05) is 30.3 Å². The van der Waals surface area contributed by atoms with E-state index in [1.165, 1.54) is 11.0 Å². The Morgan fingerprint density at radius 1 is 1.11 bits per heavy atom. The Hall–Kier alpha value is -3.25.